The van der Waals surface area contributed by atoms with Crippen LogP contribution in [0.3, 0.4) is 0 Å². The molecule has 2 aliphatic rings. The highest BCUT2D eigenvalue weighted by Crippen LogP contribution is 2.66. The summed E-state index contributed by atoms with van der Waals surface area (Å²) in [6.07, 6.45) is -2.29. The Balaban J connectivity index is 1.46. The number of aromatic nitrogens is 4. The van der Waals surface area contributed by atoms with Crippen molar-refractivity contribution >= 4 is 39.8 Å². The zero-order valence-electron chi connectivity index (χ0n) is 24.8. The molecule has 9 nitrogen and oxygen atoms in total. The monoisotopic (exact) mass is 666 g/mol. The van der Waals surface area contributed by atoms with Gasteiger partial charge in [0.05, 0.1) is 27.4 Å². The zero-order valence-corrected chi connectivity index (χ0v) is 25.6. The van der Waals surface area contributed by atoms with E-state index < -0.39 is 57.3 Å². The molecule has 4 heterocycles. The minimum Gasteiger partial charge on any atom is -0.462 e. The van der Waals surface area contributed by atoms with E-state index >= 15 is 4.39 Å². The maximum Gasteiger partial charge on any atom is 0.418 e. The van der Waals surface area contributed by atoms with Crippen LogP contribution in [-0.4, -0.2) is 64.0 Å². The van der Waals surface area contributed by atoms with E-state index in [4.69, 9.17) is 27.8 Å². The van der Waals surface area contributed by atoms with Gasteiger partial charge in [-0.3, -0.25) is 9.88 Å². The lowest BCUT2D eigenvalue weighted by Crippen LogP contribution is -2.31. The highest BCUT2D eigenvalue weighted by molar-refractivity contribution is 6.32. The molecular formula is C30H29ClF6N8O. The normalized spacial score (nSPS) is 21.6. The standard InChI is InChI=1S/C30H29ClF6N8O/c1-14(17-5-4-6-40-25(17)39)45(3)26-19-10-41-23(18-7-15(38)8-20(31)21(18)30(35,36)37)22(32)24(19)42-27(43-26)46-11-16-9-28(13-44(16)2)12-29(28,33)34/h4-8,10,14,16H,9,11-13,38H2,1-3H3,(H2,39,40)/t14-,16+,28-/m1/s1. The summed E-state index contributed by atoms with van der Waals surface area (Å²) < 4.78 is 92.7. The number of ether oxygens (including phenoxy) is 1. The smallest absolute Gasteiger partial charge is 0.418 e. The number of anilines is 3. The molecule has 0 radical (unpaired) electrons. The fourth-order valence-electron chi connectivity index (χ4n) is 6.23. The summed E-state index contributed by atoms with van der Waals surface area (Å²) in [6.45, 7) is 1.91. The van der Waals surface area contributed by atoms with Gasteiger partial charge in [-0.05, 0) is 38.6 Å². The summed E-state index contributed by atoms with van der Waals surface area (Å²) in [5, 5.41) is -0.665. The highest BCUT2D eigenvalue weighted by Gasteiger charge is 2.73. The number of nitrogens with two attached hydrogens (primary N) is 2. The highest BCUT2D eigenvalue weighted by atomic mass is 35.5. The maximum absolute atomic E-state index is 16.4. The first-order chi connectivity index (χ1) is 21.5. The van der Waals surface area contributed by atoms with Crippen LogP contribution in [0, 0.1) is 11.2 Å². The van der Waals surface area contributed by atoms with Gasteiger partial charge in [0.2, 0.25) is 0 Å². The molecule has 3 aromatic heterocycles. The van der Waals surface area contributed by atoms with Gasteiger partial charge in [0.15, 0.2) is 5.82 Å². The zero-order chi connectivity index (χ0) is 33.3. The van der Waals surface area contributed by atoms with Crippen LogP contribution in [0.2, 0.25) is 5.02 Å². The van der Waals surface area contributed by atoms with Crippen molar-refractivity contribution in [2.45, 2.75) is 43.9 Å². The number of fused-ring (bicyclic) bond motifs is 1. The topological polar surface area (TPSA) is 119 Å². The van der Waals surface area contributed by atoms with E-state index in [1.54, 1.807) is 43.0 Å². The van der Waals surface area contributed by atoms with Crippen LogP contribution in [-0.2, 0) is 6.18 Å². The van der Waals surface area contributed by atoms with Gasteiger partial charge in [-0.2, -0.15) is 23.1 Å². The van der Waals surface area contributed by atoms with E-state index in [-0.39, 0.29) is 60.2 Å². The molecule has 0 unspecified atom stereocenters. The summed E-state index contributed by atoms with van der Waals surface area (Å²) in [5.41, 5.74) is 8.21. The average molecular weight is 667 g/mol. The van der Waals surface area contributed by atoms with E-state index in [2.05, 4.69) is 19.9 Å². The summed E-state index contributed by atoms with van der Waals surface area (Å²) >= 11 is 5.93. The Kier molecular flexibility index (Phi) is 7.62. The van der Waals surface area contributed by atoms with E-state index in [0.717, 1.165) is 18.3 Å². The van der Waals surface area contributed by atoms with Gasteiger partial charge in [0.25, 0.3) is 5.92 Å². The number of rotatable bonds is 7. The number of nitrogens with zero attached hydrogens (tertiary/aromatic N) is 6. The molecule has 16 heteroatoms. The molecule has 1 aliphatic carbocycles. The Morgan fingerprint density at radius 1 is 1.20 bits per heavy atom. The van der Waals surface area contributed by atoms with Crippen LogP contribution < -0.4 is 21.1 Å². The van der Waals surface area contributed by atoms with Gasteiger partial charge >= 0.3 is 12.2 Å². The Bertz CT molecular complexity index is 1840. The Labute approximate surface area is 264 Å². The predicted octanol–water partition coefficient (Wildman–Crippen LogP) is 6.37. The van der Waals surface area contributed by atoms with Gasteiger partial charge < -0.3 is 21.1 Å². The molecule has 1 saturated carbocycles. The van der Waals surface area contributed by atoms with E-state index in [0.29, 0.717) is 5.56 Å². The fourth-order valence-corrected chi connectivity index (χ4v) is 6.56. The van der Waals surface area contributed by atoms with Gasteiger partial charge in [0, 0.05) is 55.3 Å². The SMILES string of the molecule is C[C@H](c1cccnc1N)N(C)c1nc(OC[C@@H]2C[C@]3(CN2C)CC3(F)F)nc2c(F)c(-c3cc(N)cc(Cl)c3C(F)(F)F)ncc12. The summed E-state index contributed by atoms with van der Waals surface area (Å²) in [4.78, 5) is 20.3. The largest absolute Gasteiger partial charge is 0.462 e. The van der Waals surface area contributed by atoms with Crippen molar-refractivity contribution in [2.75, 3.05) is 43.6 Å². The molecule has 1 spiro atoms. The van der Waals surface area contributed by atoms with Crippen molar-refractivity contribution in [2.24, 2.45) is 5.41 Å². The third-order valence-electron chi connectivity index (χ3n) is 8.95. The minimum atomic E-state index is -4.96. The van der Waals surface area contributed by atoms with Crippen molar-refractivity contribution in [3.8, 4) is 17.3 Å². The summed E-state index contributed by atoms with van der Waals surface area (Å²) in [5.74, 6) is -3.58. The molecule has 3 atom stereocenters. The first kappa shape index (κ1) is 31.9. The molecule has 4 N–H and O–H groups in total. The lowest BCUT2D eigenvalue weighted by Gasteiger charge is -2.28. The number of pyridine rings is 2. The Morgan fingerprint density at radius 2 is 1.91 bits per heavy atom. The van der Waals surface area contributed by atoms with Crippen LogP contribution in [0.5, 0.6) is 6.01 Å². The van der Waals surface area contributed by atoms with E-state index in [1.807, 2.05) is 0 Å². The van der Waals surface area contributed by atoms with Crippen LogP contribution in [0.1, 0.15) is 36.9 Å². The lowest BCUT2D eigenvalue weighted by molar-refractivity contribution is -0.137. The third kappa shape index (κ3) is 5.38. The average Bonchev–Trinajstić information content (AvgIpc) is 3.33. The molecule has 0 amide bonds. The number of likely N-dealkylation sites (tertiary alicyclic amines) is 1. The maximum atomic E-state index is 16.4. The number of hydrogen-bond donors (Lipinski definition) is 2. The van der Waals surface area contributed by atoms with Gasteiger partial charge in [-0.1, -0.05) is 17.7 Å². The van der Waals surface area contributed by atoms with Crippen LogP contribution >= 0.6 is 11.6 Å². The van der Waals surface area contributed by atoms with Crippen molar-refractivity contribution in [1.82, 2.24) is 24.8 Å². The quantitative estimate of drug-likeness (QED) is 0.171. The number of benzene rings is 1. The molecule has 244 valence electrons. The Hall–Kier alpha value is -4.11. The van der Waals surface area contributed by atoms with Crippen molar-refractivity contribution in [3.05, 3.63) is 58.6 Å². The van der Waals surface area contributed by atoms with E-state index in [1.165, 1.54) is 6.20 Å². The number of hydrogen-bond acceptors (Lipinski definition) is 9. The molecular weight excluding hydrogens is 638 g/mol. The molecule has 2 fully saturated rings. The second kappa shape index (κ2) is 11.0. The predicted molar refractivity (Wildman–Crippen MR) is 161 cm³/mol. The van der Waals surface area contributed by atoms with Crippen molar-refractivity contribution in [3.63, 3.8) is 0 Å². The van der Waals surface area contributed by atoms with Crippen LogP contribution in [0.15, 0.2) is 36.7 Å². The van der Waals surface area contributed by atoms with Gasteiger partial charge in [-0.25, -0.2) is 18.2 Å². The number of alkyl halides is 5. The van der Waals surface area contributed by atoms with Crippen LogP contribution in [0.4, 0.5) is 43.7 Å². The van der Waals surface area contributed by atoms with E-state index in [9.17, 15) is 22.0 Å². The molecule has 46 heavy (non-hydrogen) atoms. The molecule has 1 aromatic carbocycles. The van der Waals surface area contributed by atoms with Gasteiger partial charge in [-0.15, -0.1) is 0 Å². The lowest BCUT2D eigenvalue weighted by atomic mass is 10.0. The second-order valence-corrected chi connectivity index (χ2v) is 12.4. The molecule has 0 bridgehead atoms. The van der Waals surface area contributed by atoms with Gasteiger partial charge in [0.1, 0.15) is 29.5 Å². The third-order valence-corrected chi connectivity index (χ3v) is 9.25. The first-order valence-electron chi connectivity index (χ1n) is 14.2. The molecule has 6 rings (SSSR count). The summed E-state index contributed by atoms with van der Waals surface area (Å²) in [6, 6.07) is 4.11. The molecule has 4 aromatic rings. The summed E-state index contributed by atoms with van der Waals surface area (Å²) in [7, 11) is 3.36. The second-order valence-electron chi connectivity index (χ2n) is 11.9. The minimum absolute atomic E-state index is 0.0588. The Morgan fingerprint density at radius 3 is 2.54 bits per heavy atom. The molecule has 1 aliphatic heterocycles. The van der Waals surface area contributed by atoms with Crippen molar-refractivity contribution < 1.29 is 31.1 Å². The van der Waals surface area contributed by atoms with Crippen molar-refractivity contribution in [1.29, 1.82) is 0 Å². The number of nitrogen functional groups attached to an aromatic ring is 2. The number of halogens is 7. The molecule has 1 saturated heterocycles. The number of likely N-dealkylation sites (N-methyl/N-ethyl adjacent to an activating group) is 1. The first-order valence-corrected chi connectivity index (χ1v) is 14.6. The van der Waals surface area contributed by atoms with Crippen LogP contribution in [0.25, 0.3) is 22.2 Å². The fraction of sp³-hybridized carbons (Fsp3) is 0.400.